The molecule has 0 saturated heterocycles. The Kier molecular flexibility index (Phi) is 2.83. The Balaban J connectivity index is 2.08. The predicted molar refractivity (Wildman–Crippen MR) is 76.0 cm³/mol. The maximum Gasteiger partial charge on any atom is 0.149 e. The number of benzene rings is 2. The minimum Gasteiger partial charge on any atom is -0.337 e. The van der Waals surface area contributed by atoms with Gasteiger partial charge in [-0.3, -0.25) is 0 Å². The van der Waals surface area contributed by atoms with Crippen LogP contribution in [0.3, 0.4) is 0 Å². The standard InChI is InChI=1S/C16H11N3/c17-11-13(10-12-6-2-1-3-7-12)16-18-14-8-4-5-9-15(14)19-16/h1-10H,(H,18,19). The van der Waals surface area contributed by atoms with Crippen molar-refractivity contribution in [3.05, 3.63) is 66.0 Å². The summed E-state index contributed by atoms with van der Waals surface area (Å²) in [7, 11) is 0. The van der Waals surface area contributed by atoms with E-state index < -0.39 is 0 Å². The zero-order chi connectivity index (χ0) is 13.1. The number of imidazole rings is 1. The topological polar surface area (TPSA) is 52.5 Å². The van der Waals surface area contributed by atoms with Crippen molar-refractivity contribution in [2.75, 3.05) is 0 Å². The van der Waals surface area contributed by atoms with Gasteiger partial charge in [0.25, 0.3) is 0 Å². The molecular formula is C16H11N3. The number of nitriles is 1. The molecule has 1 N–H and O–H groups in total. The molecule has 1 heterocycles. The first kappa shape index (κ1) is 11.2. The molecule has 19 heavy (non-hydrogen) atoms. The minimum atomic E-state index is 0.530. The van der Waals surface area contributed by atoms with Crippen molar-refractivity contribution >= 4 is 22.7 Å². The average Bonchev–Trinajstić information content (AvgIpc) is 2.89. The van der Waals surface area contributed by atoms with Crippen LogP contribution < -0.4 is 0 Å². The molecule has 2 aromatic carbocycles. The van der Waals surface area contributed by atoms with Crippen LogP contribution in [-0.4, -0.2) is 9.97 Å². The first-order valence-electron chi connectivity index (χ1n) is 5.99. The van der Waals surface area contributed by atoms with E-state index in [9.17, 15) is 5.26 Å². The SMILES string of the molecule is N#CC(=Cc1ccccc1)c1nc2ccccc2[nH]1. The van der Waals surface area contributed by atoms with E-state index in [4.69, 9.17) is 0 Å². The third kappa shape index (κ3) is 2.24. The highest BCUT2D eigenvalue weighted by molar-refractivity contribution is 5.90. The quantitative estimate of drug-likeness (QED) is 0.701. The Morgan fingerprint density at radius 3 is 2.53 bits per heavy atom. The van der Waals surface area contributed by atoms with Crippen LogP contribution in [0.4, 0.5) is 0 Å². The Morgan fingerprint density at radius 1 is 1.05 bits per heavy atom. The molecule has 1 aromatic heterocycles. The number of hydrogen-bond acceptors (Lipinski definition) is 2. The Bertz CT molecular complexity index is 743. The molecule has 0 aliphatic carbocycles. The van der Waals surface area contributed by atoms with Gasteiger partial charge in [-0.05, 0) is 23.8 Å². The van der Waals surface area contributed by atoms with Gasteiger partial charge >= 0.3 is 0 Å². The fourth-order valence-electron chi connectivity index (χ4n) is 1.95. The van der Waals surface area contributed by atoms with Crippen LogP contribution in [0.15, 0.2) is 54.6 Å². The van der Waals surface area contributed by atoms with Crippen LogP contribution in [0, 0.1) is 11.3 Å². The summed E-state index contributed by atoms with van der Waals surface area (Å²) in [6.07, 6.45) is 1.83. The number of allylic oxidation sites excluding steroid dienone is 1. The number of hydrogen-bond donors (Lipinski definition) is 1. The van der Waals surface area contributed by atoms with Crippen molar-refractivity contribution in [1.29, 1.82) is 5.26 Å². The lowest BCUT2D eigenvalue weighted by Crippen LogP contribution is -1.84. The van der Waals surface area contributed by atoms with Gasteiger partial charge in [-0.15, -0.1) is 0 Å². The average molecular weight is 245 g/mol. The number of nitrogens with zero attached hydrogens (tertiary/aromatic N) is 2. The number of fused-ring (bicyclic) bond motifs is 1. The largest absolute Gasteiger partial charge is 0.337 e. The first-order chi connectivity index (χ1) is 9.36. The van der Waals surface area contributed by atoms with Crippen molar-refractivity contribution in [2.24, 2.45) is 0 Å². The van der Waals surface area contributed by atoms with Gasteiger partial charge in [0.15, 0.2) is 0 Å². The molecule has 0 aliphatic heterocycles. The summed E-state index contributed by atoms with van der Waals surface area (Å²) < 4.78 is 0. The highest BCUT2D eigenvalue weighted by atomic mass is 14.9. The predicted octanol–water partition coefficient (Wildman–Crippen LogP) is 3.63. The van der Waals surface area contributed by atoms with Gasteiger partial charge < -0.3 is 4.98 Å². The fraction of sp³-hybridized carbons (Fsp3) is 0. The highest BCUT2D eigenvalue weighted by Crippen LogP contribution is 2.18. The van der Waals surface area contributed by atoms with E-state index in [0.29, 0.717) is 11.4 Å². The Labute approximate surface area is 110 Å². The summed E-state index contributed by atoms with van der Waals surface area (Å²) in [6.45, 7) is 0. The second-order valence-electron chi connectivity index (χ2n) is 4.18. The van der Waals surface area contributed by atoms with Gasteiger partial charge in [0.05, 0.1) is 16.6 Å². The van der Waals surface area contributed by atoms with E-state index in [1.807, 2.05) is 60.7 Å². The van der Waals surface area contributed by atoms with Crippen molar-refractivity contribution in [3.63, 3.8) is 0 Å². The summed E-state index contributed by atoms with van der Waals surface area (Å²) >= 11 is 0. The smallest absolute Gasteiger partial charge is 0.149 e. The van der Waals surface area contributed by atoms with Crippen LogP contribution in [0.5, 0.6) is 0 Å². The van der Waals surface area contributed by atoms with Gasteiger partial charge in [-0.2, -0.15) is 5.26 Å². The zero-order valence-corrected chi connectivity index (χ0v) is 10.2. The van der Waals surface area contributed by atoms with Crippen molar-refractivity contribution < 1.29 is 0 Å². The van der Waals surface area contributed by atoms with Crippen LogP contribution >= 0.6 is 0 Å². The Morgan fingerprint density at radius 2 is 1.79 bits per heavy atom. The normalized spacial score (nSPS) is 11.4. The summed E-state index contributed by atoms with van der Waals surface area (Å²) in [5, 5.41) is 9.29. The first-order valence-corrected chi connectivity index (χ1v) is 5.99. The molecule has 0 aliphatic rings. The second-order valence-corrected chi connectivity index (χ2v) is 4.18. The molecule has 0 fully saturated rings. The molecule has 0 radical (unpaired) electrons. The number of nitrogens with one attached hydrogen (secondary N) is 1. The third-order valence-corrected chi connectivity index (χ3v) is 2.88. The van der Waals surface area contributed by atoms with Crippen LogP contribution in [-0.2, 0) is 0 Å². The molecule has 3 heteroatoms. The second kappa shape index (κ2) is 4.79. The van der Waals surface area contributed by atoms with E-state index in [0.717, 1.165) is 16.6 Å². The number of rotatable bonds is 2. The van der Waals surface area contributed by atoms with Crippen LogP contribution in [0.2, 0.25) is 0 Å². The van der Waals surface area contributed by atoms with Gasteiger partial charge in [0, 0.05) is 0 Å². The fourth-order valence-corrected chi connectivity index (χ4v) is 1.95. The van der Waals surface area contributed by atoms with Gasteiger partial charge in [0.2, 0.25) is 0 Å². The molecular weight excluding hydrogens is 234 g/mol. The summed E-state index contributed by atoms with van der Waals surface area (Å²) in [6, 6.07) is 19.7. The van der Waals surface area contributed by atoms with E-state index in [1.54, 1.807) is 0 Å². The number of para-hydroxylation sites is 2. The lowest BCUT2D eigenvalue weighted by molar-refractivity contribution is 1.27. The number of aromatic amines is 1. The number of H-pyrrole nitrogens is 1. The van der Waals surface area contributed by atoms with Crippen molar-refractivity contribution in [2.45, 2.75) is 0 Å². The maximum absolute atomic E-state index is 9.29. The summed E-state index contributed by atoms with van der Waals surface area (Å²) in [4.78, 5) is 7.60. The lowest BCUT2D eigenvalue weighted by Gasteiger charge is -1.94. The molecule has 0 bridgehead atoms. The molecule has 0 unspecified atom stereocenters. The molecule has 0 saturated carbocycles. The minimum absolute atomic E-state index is 0.530. The molecule has 3 nitrogen and oxygen atoms in total. The zero-order valence-electron chi connectivity index (χ0n) is 10.2. The maximum atomic E-state index is 9.29. The summed E-state index contributed by atoms with van der Waals surface area (Å²) in [5.74, 6) is 0.604. The lowest BCUT2D eigenvalue weighted by atomic mass is 10.1. The van der Waals surface area contributed by atoms with Gasteiger partial charge in [0.1, 0.15) is 11.9 Å². The van der Waals surface area contributed by atoms with Crippen molar-refractivity contribution in [3.8, 4) is 6.07 Å². The van der Waals surface area contributed by atoms with Gasteiger partial charge in [-0.25, -0.2) is 4.98 Å². The van der Waals surface area contributed by atoms with E-state index in [-0.39, 0.29) is 0 Å². The molecule has 0 atom stereocenters. The van der Waals surface area contributed by atoms with E-state index in [1.165, 1.54) is 0 Å². The summed E-state index contributed by atoms with van der Waals surface area (Å²) in [5.41, 5.74) is 3.32. The highest BCUT2D eigenvalue weighted by Gasteiger charge is 2.07. The third-order valence-electron chi connectivity index (χ3n) is 2.88. The number of aromatic nitrogens is 2. The molecule has 0 spiro atoms. The molecule has 90 valence electrons. The van der Waals surface area contributed by atoms with Gasteiger partial charge in [-0.1, -0.05) is 42.5 Å². The Hall–Kier alpha value is -2.86. The van der Waals surface area contributed by atoms with Crippen LogP contribution in [0.1, 0.15) is 11.4 Å². The van der Waals surface area contributed by atoms with Crippen LogP contribution in [0.25, 0.3) is 22.7 Å². The monoisotopic (exact) mass is 245 g/mol. The van der Waals surface area contributed by atoms with Crippen molar-refractivity contribution in [1.82, 2.24) is 9.97 Å². The molecule has 0 amide bonds. The molecule has 3 aromatic rings. The van der Waals surface area contributed by atoms with E-state index in [2.05, 4.69) is 16.0 Å². The van der Waals surface area contributed by atoms with E-state index >= 15 is 0 Å². The molecule has 3 rings (SSSR count).